The summed E-state index contributed by atoms with van der Waals surface area (Å²) in [6.07, 6.45) is 0.504. The van der Waals surface area contributed by atoms with Gasteiger partial charge in [0.1, 0.15) is 17.3 Å². The third-order valence-electron chi connectivity index (χ3n) is 3.32. The minimum atomic E-state index is 0.0661. The standard InChI is InChI=1S/C18H17NO3/c1-13-17(11-12-20)19-18(21-13)14-7-9-16(10-8-14)22-15-5-3-2-4-6-15/h2-10,20H,11-12H2,1H3. The van der Waals surface area contributed by atoms with Gasteiger partial charge in [-0.1, -0.05) is 18.2 Å². The van der Waals surface area contributed by atoms with Crippen LogP contribution in [-0.2, 0) is 6.42 Å². The molecule has 0 radical (unpaired) electrons. The van der Waals surface area contributed by atoms with E-state index >= 15 is 0 Å². The molecule has 1 N–H and O–H groups in total. The maximum absolute atomic E-state index is 9.00. The minimum Gasteiger partial charge on any atom is -0.457 e. The molecule has 0 unspecified atom stereocenters. The smallest absolute Gasteiger partial charge is 0.226 e. The van der Waals surface area contributed by atoms with E-state index in [0.29, 0.717) is 12.3 Å². The van der Waals surface area contributed by atoms with E-state index in [4.69, 9.17) is 14.3 Å². The molecule has 0 atom stereocenters. The zero-order chi connectivity index (χ0) is 15.4. The molecule has 3 aromatic rings. The summed E-state index contributed by atoms with van der Waals surface area (Å²) in [5.41, 5.74) is 1.68. The predicted molar refractivity (Wildman–Crippen MR) is 84.0 cm³/mol. The van der Waals surface area contributed by atoms with Crippen LogP contribution in [0.25, 0.3) is 11.5 Å². The molecule has 0 fully saturated rings. The van der Waals surface area contributed by atoms with Crippen LogP contribution >= 0.6 is 0 Å². The van der Waals surface area contributed by atoms with Crippen molar-refractivity contribution in [1.82, 2.24) is 4.98 Å². The van der Waals surface area contributed by atoms with Crippen molar-refractivity contribution in [2.45, 2.75) is 13.3 Å². The number of rotatable bonds is 5. The molecular formula is C18H17NO3. The Kier molecular flexibility index (Phi) is 4.21. The number of aliphatic hydroxyl groups is 1. The Balaban J connectivity index is 1.78. The highest BCUT2D eigenvalue weighted by Crippen LogP contribution is 2.26. The summed E-state index contributed by atoms with van der Waals surface area (Å²) in [6.45, 7) is 1.92. The van der Waals surface area contributed by atoms with Gasteiger partial charge in [-0.05, 0) is 43.3 Å². The fourth-order valence-corrected chi connectivity index (χ4v) is 2.18. The van der Waals surface area contributed by atoms with Gasteiger partial charge in [-0.3, -0.25) is 0 Å². The molecule has 0 aliphatic heterocycles. The topological polar surface area (TPSA) is 55.5 Å². The van der Waals surface area contributed by atoms with Gasteiger partial charge >= 0.3 is 0 Å². The molecule has 0 saturated heterocycles. The second-order valence-electron chi connectivity index (χ2n) is 4.93. The van der Waals surface area contributed by atoms with E-state index in [1.165, 1.54) is 0 Å². The molecule has 0 amide bonds. The molecule has 112 valence electrons. The van der Waals surface area contributed by atoms with Crippen LogP contribution in [0.3, 0.4) is 0 Å². The SMILES string of the molecule is Cc1oc(-c2ccc(Oc3ccccc3)cc2)nc1CCO. The predicted octanol–water partition coefficient (Wildman–Crippen LogP) is 3.98. The number of oxazole rings is 1. The van der Waals surface area contributed by atoms with Crippen LogP contribution < -0.4 is 4.74 Å². The lowest BCUT2D eigenvalue weighted by atomic mass is 10.2. The third kappa shape index (κ3) is 3.18. The fraction of sp³-hybridized carbons (Fsp3) is 0.167. The van der Waals surface area contributed by atoms with Crippen LogP contribution in [-0.4, -0.2) is 16.7 Å². The molecule has 0 saturated carbocycles. The molecule has 0 aliphatic rings. The molecule has 4 nitrogen and oxygen atoms in total. The van der Waals surface area contributed by atoms with E-state index in [0.717, 1.165) is 28.5 Å². The first-order valence-corrected chi connectivity index (χ1v) is 7.17. The maximum atomic E-state index is 9.00. The largest absolute Gasteiger partial charge is 0.457 e. The molecule has 0 spiro atoms. The number of hydrogen-bond acceptors (Lipinski definition) is 4. The van der Waals surface area contributed by atoms with Crippen molar-refractivity contribution >= 4 is 0 Å². The van der Waals surface area contributed by atoms with Crippen LogP contribution in [0.15, 0.2) is 59.0 Å². The summed E-state index contributed by atoms with van der Waals surface area (Å²) < 4.78 is 11.4. The second-order valence-corrected chi connectivity index (χ2v) is 4.93. The van der Waals surface area contributed by atoms with Gasteiger partial charge in [0, 0.05) is 18.6 Å². The number of aromatic nitrogens is 1. The molecule has 0 aliphatic carbocycles. The average molecular weight is 295 g/mol. The van der Waals surface area contributed by atoms with Gasteiger partial charge in [0.2, 0.25) is 5.89 Å². The van der Waals surface area contributed by atoms with Gasteiger partial charge in [0.25, 0.3) is 0 Å². The zero-order valence-corrected chi connectivity index (χ0v) is 12.3. The van der Waals surface area contributed by atoms with Crippen molar-refractivity contribution in [3.8, 4) is 23.0 Å². The Morgan fingerprint density at radius 1 is 1.00 bits per heavy atom. The van der Waals surface area contributed by atoms with Gasteiger partial charge in [0.05, 0.1) is 5.69 Å². The van der Waals surface area contributed by atoms with Crippen molar-refractivity contribution in [3.05, 3.63) is 66.1 Å². The Bertz CT molecular complexity index is 733. The lowest BCUT2D eigenvalue weighted by Crippen LogP contribution is -1.92. The summed E-state index contributed by atoms with van der Waals surface area (Å²) in [7, 11) is 0. The number of ether oxygens (including phenoxy) is 1. The number of para-hydroxylation sites is 1. The monoisotopic (exact) mass is 295 g/mol. The maximum Gasteiger partial charge on any atom is 0.226 e. The summed E-state index contributed by atoms with van der Waals surface area (Å²) in [4.78, 5) is 4.42. The lowest BCUT2D eigenvalue weighted by Gasteiger charge is -2.05. The highest BCUT2D eigenvalue weighted by molar-refractivity contribution is 5.55. The molecular weight excluding hydrogens is 278 g/mol. The molecule has 1 heterocycles. The first kappa shape index (κ1) is 14.4. The van der Waals surface area contributed by atoms with Crippen LogP contribution in [0.1, 0.15) is 11.5 Å². The molecule has 4 heteroatoms. The van der Waals surface area contributed by atoms with Crippen LogP contribution in [0.4, 0.5) is 0 Å². The Hall–Kier alpha value is -2.59. The highest BCUT2D eigenvalue weighted by atomic mass is 16.5. The number of nitrogens with zero attached hydrogens (tertiary/aromatic N) is 1. The minimum absolute atomic E-state index is 0.0661. The van der Waals surface area contributed by atoms with E-state index in [-0.39, 0.29) is 6.61 Å². The van der Waals surface area contributed by atoms with Crippen molar-refractivity contribution in [3.63, 3.8) is 0 Å². The number of aliphatic hydroxyl groups excluding tert-OH is 1. The van der Waals surface area contributed by atoms with Gasteiger partial charge < -0.3 is 14.3 Å². The van der Waals surface area contributed by atoms with Gasteiger partial charge in [-0.2, -0.15) is 0 Å². The number of benzene rings is 2. The van der Waals surface area contributed by atoms with Crippen LogP contribution in [0.5, 0.6) is 11.5 Å². The van der Waals surface area contributed by atoms with Crippen molar-refractivity contribution in [1.29, 1.82) is 0 Å². The van der Waals surface area contributed by atoms with Crippen molar-refractivity contribution < 1.29 is 14.3 Å². The third-order valence-corrected chi connectivity index (χ3v) is 3.32. The van der Waals surface area contributed by atoms with E-state index in [1.54, 1.807) is 0 Å². The van der Waals surface area contributed by atoms with Gasteiger partial charge in [-0.25, -0.2) is 4.98 Å². The molecule has 22 heavy (non-hydrogen) atoms. The van der Waals surface area contributed by atoms with Crippen molar-refractivity contribution in [2.75, 3.05) is 6.61 Å². The van der Waals surface area contributed by atoms with Crippen molar-refractivity contribution in [2.24, 2.45) is 0 Å². The molecule has 0 bridgehead atoms. The Morgan fingerprint density at radius 2 is 1.68 bits per heavy atom. The summed E-state index contributed by atoms with van der Waals surface area (Å²) >= 11 is 0. The van der Waals surface area contributed by atoms with Gasteiger partial charge in [-0.15, -0.1) is 0 Å². The zero-order valence-electron chi connectivity index (χ0n) is 12.3. The lowest BCUT2D eigenvalue weighted by molar-refractivity contribution is 0.297. The first-order valence-electron chi connectivity index (χ1n) is 7.17. The molecule has 3 rings (SSSR count). The van der Waals surface area contributed by atoms with E-state index in [1.807, 2.05) is 61.5 Å². The first-order chi connectivity index (χ1) is 10.8. The van der Waals surface area contributed by atoms with E-state index in [9.17, 15) is 0 Å². The fourth-order valence-electron chi connectivity index (χ4n) is 2.18. The summed E-state index contributed by atoms with van der Waals surface area (Å²) in [6, 6.07) is 17.2. The quantitative estimate of drug-likeness (QED) is 0.773. The van der Waals surface area contributed by atoms with Crippen LogP contribution in [0.2, 0.25) is 0 Å². The normalized spacial score (nSPS) is 10.6. The highest BCUT2D eigenvalue weighted by Gasteiger charge is 2.11. The van der Waals surface area contributed by atoms with E-state index in [2.05, 4.69) is 4.98 Å². The van der Waals surface area contributed by atoms with Gasteiger partial charge in [0.15, 0.2) is 0 Å². The second kappa shape index (κ2) is 6.45. The van der Waals surface area contributed by atoms with Crippen LogP contribution in [0, 0.1) is 6.92 Å². The number of hydrogen-bond donors (Lipinski definition) is 1. The average Bonchev–Trinajstić information content (AvgIpc) is 2.91. The summed E-state index contributed by atoms with van der Waals surface area (Å²) in [5.74, 6) is 2.86. The molecule has 1 aromatic heterocycles. The van der Waals surface area contributed by atoms with E-state index < -0.39 is 0 Å². The Labute approximate surface area is 129 Å². The molecule has 2 aromatic carbocycles. The summed E-state index contributed by atoms with van der Waals surface area (Å²) in [5, 5.41) is 9.00. The number of aryl methyl sites for hydroxylation is 1. The Morgan fingerprint density at radius 3 is 2.36 bits per heavy atom.